The fourth-order valence-electron chi connectivity index (χ4n) is 4.15. The second kappa shape index (κ2) is 8.09. The van der Waals surface area contributed by atoms with Gasteiger partial charge >= 0.3 is 0 Å². The maximum absolute atomic E-state index is 12.8. The lowest BCUT2D eigenvalue weighted by Crippen LogP contribution is -2.69. The van der Waals surface area contributed by atoms with Crippen molar-refractivity contribution in [3.05, 3.63) is 12.7 Å². The predicted octanol–water partition coefficient (Wildman–Crippen LogP) is 3.47. The van der Waals surface area contributed by atoms with E-state index >= 15 is 0 Å². The van der Waals surface area contributed by atoms with E-state index in [1.165, 1.54) is 6.33 Å². The molecule has 4 N–H and O–H groups in total. The fourth-order valence-corrected chi connectivity index (χ4v) is 8.57. The van der Waals surface area contributed by atoms with Crippen LogP contribution in [0.2, 0.25) is 36.3 Å². The molecule has 0 saturated carbocycles. The van der Waals surface area contributed by atoms with Crippen molar-refractivity contribution in [3.8, 4) is 0 Å². The molecule has 9 nitrogen and oxygen atoms in total. The van der Waals surface area contributed by atoms with Crippen molar-refractivity contribution in [2.24, 2.45) is 0 Å². The average Bonchev–Trinajstić information content (AvgIpc) is 3.21. The number of anilines is 1. The van der Waals surface area contributed by atoms with Crippen LogP contribution in [0, 0.1) is 0 Å². The van der Waals surface area contributed by atoms with Gasteiger partial charge in [-0.2, -0.15) is 0 Å². The Morgan fingerprint density at radius 3 is 2.21 bits per heavy atom. The molecular weight excluding hydrogens is 454 g/mol. The van der Waals surface area contributed by atoms with Crippen LogP contribution in [-0.2, 0) is 9.16 Å². The largest absolute Gasteiger partial charge is 0.408 e. The molecule has 3 heterocycles. The summed E-state index contributed by atoms with van der Waals surface area (Å²) in [5.74, 6) is 0.264. The smallest absolute Gasteiger partial charge is 0.192 e. The van der Waals surface area contributed by atoms with Crippen LogP contribution in [0.1, 0.15) is 47.8 Å². The van der Waals surface area contributed by atoms with Gasteiger partial charge in [-0.15, -0.1) is 0 Å². The van der Waals surface area contributed by atoms with Gasteiger partial charge in [0.05, 0.1) is 21.0 Å². The third-order valence-corrected chi connectivity index (χ3v) is 19.1. The van der Waals surface area contributed by atoms with E-state index in [2.05, 4.69) is 82.7 Å². The molecule has 186 valence electrons. The highest BCUT2D eigenvalue weighted by Crippen LogP contribution is 2.55. The first kappa shape index (κ1) is 26.2. The van der Waals surface area contributed by atoms with Crippen LogP contribution in [0.5, 0.6) is 0 Å². The minimum absolute atomic E-state index is 0.0805. The van der Waals surface area contributed by atoms with Gasteiger partial charge in [-0.1, -0.05) is 54.6 Å². The Kier molecular flexibility index (Phi) is 6.43. The topological polar surface area (TPSA) is 129 Å². The normalized spacial score (nSPS) is 27.5. The van der Waals surface area contributed by atoms with E-state index in [0.29, 0.717) is 11.2 Å². The molecule has 1 saturated heterocycles. The fraction of sp³-hybridized carbons (Fsp3) is 0.773. The average molecular weight is 496 g/mol. The highest BCUT2D eigenvalue weighted by Gasteiger charge is 2.69. The summed E-state index contributed by atoms with van der Waals surface area (Å²) in [7, 11) is -4.93. The van der Waals surface area contributed by atoms with E-state index in [1.54, 1.807) is 10.9 Å². The van der Waals surface area contributed by atoms with Gasteiger partial charge in [-0.3, -0.25) is 4.57 Å². The molecule has 4 atom stereocenters. The van der Waals surface area contributed by atoms with Gasteiger partial charge < -0.3 is 25.1 Å². The van der Waals surface area contributed by atoms with Gasteiger partial charge in [-0.05, 0) is 23.2 Å². The molecule has 0 unspecified atom stereocenters. The monoisotopic (exact) mass is 495 g/mol. The zero-order chi connectivity index (χ0) is 25.2. The summed E-state index contributed by atoms with van der Waals surface area (Å²) in [5.41, 5.74) is 6.95. The highest BCUT2D eigenvalue weighted by atomic mass is 28.4. The van der Waals surface area contributed by atoms with E-state index in [4.69, 9.17) is 14.9 Å². The minimum Gasteiger partial charge on any atom is -0.408 e. The minimum atomic E-state index is -2.60. The first-order valence-electron chi connectivity index (χ1n) is 11.5. The van der Waals surface area contributed by atoms with E-state index in [9.17, 15) is 10.2 Å². The van der Waals surface area contributed by atoms with Crippen LogP contribution >= 0.6 is 0 Å². The molecule has 2 aromatic heterocycles. The third-order valence-electron chi connectivity index (χ3n) is 8.38. The van der Waals surface area contributed by atoms with Crippen LogP contribution in [0.4, 0.5) is 5.82 Å². The summed E-state index contributed by atoms with van der Waals surface area (Å²) in [6.07, 6.45) is 0.723. The number of ether oxygens (including phenoxy) is 1. The lowest BCUT2D eigenvalue weighted by atomic mass is 10.1. The number of hydrogen-bond acceptors (Lipinski definition) is 8. The van der Waals surface area contributed by atoms with Crippen molar-refractivity contribution < 1.29 is 19.4 Å². The second-order valence-electron chi connectivity index (χ2n) is 12.3. The van der Waals surface area contributed by atoms with Crippen LogP contribution < -0.4 is 5.73 Å². The molecule has 0 aliphatic carbocycles. The SMILES string of the molecule is CC(C)(C)[Si](C)(C)O[C@@H]1[C@@H](CO)O[C@@H](n2cnc3c(N)ncnc32)[C@@]1(O)[Si](C)(C)C(C)(C)C. The molecule has 0 radical (unpaired) electrons. The zero-order valence-electron chi connectivity index (χ0n) is 21.7. The van der Waals surface area contributed by atoms with Crippen molar-refractivity contribution in [1.82, 2.24) is 19.5 Å². The summed E-state index contributed by atoms with van der Waals surface area (Å²) in [4.78, 5) is 12.8. The van der Waals surface area contributed by atoms with E-state index in [1.807, 2.05) is 0 Å². The Labute approximate surface area is 198 Å². The number of nitrogens with two attached hydrogens (primary N) is 1. The molecule has 1 fully saturated rings. The van der Waals surface area contributed by atoms with Gasteiger partial charge in [0.1, 0.15) is 29.3 Å². The molecule has 11 heteroatoms. The van der Waals surface area contributed by atoms with Crippen molar-refractivity contribution in [2.75, 3.05) is 12.3 Å². The Morgan fingerprint density at radius 1 is 1.09 bits per heavy atom. The van der Waals surface area contributed by atoms with Gasteiger partial charge in [0.25, 0.3) is 0 Å². The molecule has 2 aromatic rings. The number of nitrogen functional groups attached to an aromatic ring is 1. The number of aliphatic hydroxyl groups is 2. The van der Waals surface area contributed by atoms with Crippen molar-refractivity contribution in [2.45, 2.75) is 101 Å². The highest BCUT2D eigenvalue weighted by molar-refractivity contribution is 6.83. The van der Waals surface area contributed by atoms with Gasteiger partial charge in [0.2, 0.25) is 0 Å². The number of hydrogen-bond donors (Lipinski definition) is 3. The summed E-state index contributed by atoms with van der Waals surface area (Å²) < 4.78 is 15.0. The Hall–Kier alpha value is -1.38. The summed E-state index contributed by atoms with van der Waals surface area (Å²) in [5, 5.41) is 21.5. The van der Waals surface area contributed by atoms with E-state index in [-0.39, 0.29) is 22.5 Å². The lowest BCUT2D eigenvalue weighted by Gasteiger charge is -2.53. The van der Waals surface area contributed by atoms with Crippen LogP contribution in [0.15, 0.2) is 12.7 Å². The summed E-state index contributed by atoms with van der Waals surface area (Å²) >= 11 is 0. The van der Waals surface area contributed by atoms with Gasteiger partial charge in [-0.25, -0.2) is 15.0 Å². The van der Waals surface area contributed by atoms with E-state index in [0.717, 1.165) is 0 Å². The summed E-state index contributed by atoms with van der Waals surface area (Å²) in [6, 6.07) is 0. The maximum Gasteiger partial charge on any atom is 0.192 e. The van der Waals surface area contributed by atoms with Gasteiger partial charge in [0.15, 0.2) is 26.0 Å². The van der Waals surface area contributed by atoms with Crippen LogP contribution in [-0.4, -0.2) is 70.2 Å². The lowest BCUT2D eigenvalue weighted by molar-refractivity contribution is -0.0671. The molecule has 0 bridgehead atoms. The Bertz CT molecular complexity index is 1010. The Morgan fingerprint density at radius 2 is 1.70 bits per heavy atom. The molecule has 3 rings (SSSR count). The molecule has 0 spiro atoms. The Balaban J connectivity index is 2.26. The van der Waals surface area contributed by atoms with Crippen molar-refractivity contribution >= 4 is 33.4 Å². The van der Waals surface area contributed by atoms with Crippen molar-refractivity contribution in [1.29, 1.82) is 0 Å². The molecule has 0 aromatic carbocycles. The van der Waals surface area contributed by atoms with E-state index < -0.39 is 40.1 Å². The number of imidazole rings is 1. The molecule has 1 aliphatic heterocycles. The second-order valence-corrected chi connectivity index (χ2v) is 22.6. The molecule has 33 heavy (non-hydrogen) atoms. The van der Waals surface area contributed by atoms with Crippen LogP contribution in [0.25, 0.3) is 11.2 Å². The first-order valence-corrected chi connectivity index (χ1v) is 17.4. The molecule has 0 amide bonds. The first-order chi connectivity index (χ1) is 14.9. The predicted molar refractivity (Wildman–Crippen MR) is 135 cm³/mol. The standard InChI is InChI=1S/C22H41N5O4Si2/c1-20(2,3)32(7,8)22(29)16(31-33(9,10)21(4,5)6)14(11-28)30-19(22)27-13-26-15-17(23)24-12-25-18(15)27/h12-14,16,19,28-29H,11H2,1-10H3,(H2,23,24,25)/t14-,16-,19-,22+/m1/s1. The zero-order valence-corrected chi connectivity index (χ0v) is 23.7. The number of rotatable bonds is 5. The van der Waals surface area contributed by atoms with Gasteiger partial charge in [0, 0.05) is 0 Å². The molecular formula is C22H41N5O4Si2. The van der Waals surface area contributed by atoms with Crippen LogP contribution in [0.3, 0.4) is 0 Å². The third kappa shape index (κ3) is 3.96. The maximum atomic E-state index is 12.8. The molecule has 1 aliphatic rings. The number of aliphatic hydroxyl groups excluding tert-OH is 1. The summed E-state index contributed by atoms with van der Waals surface area (Å²) in [6.45, 7) is 21.3. The quantitative estimate of drug-likeness (QED) is 0.538. The van der Waals surface area contributed by atoms with Crippen molar-refractivity contribution in [3.63, 3.8) is 0 Å². The number of aromatic nitrogens is 4. The number of fused-ring (bicyclic) bond motifs is 1. The number of nitrogens with zero attached hydrogens (tertiary/aromatic N) is 4.